The monoisotopic (exact) mass is 478 g/mol. The lowest BCUT2D eigenvalue weighted by Gasteiger charge is -2.25. The number of anilines is 4. The van der Waals surface area contributed by atoms with Gasteiger partial charge in [-0.3, -0.25) is 9.89 Å². The molecule has 2 atom stereocenters. The van der Waals surface area contributed by atoms with Gasteiger partial charge < -0.3 is 20.3 Å². The lowest BCUT2D eigenvalue weighted by atomic mass is 10.1. The molecule has 1 amide bonds. The Hall–Kier alpha value is -3.60. The Labute approximate surface area is 201 Å². The molecule has 10 nitrogen and oxygen atoms in total. The lowest BCUT2D eigenvalue weighted by molar-refractivity contribution is -0.117. The highest BCUT2D eigenvalue weighted by Gasteiger charge is 2.51. The first-order valence-electron chi connectivity index (χ1n) is 11.9. The number of rotatable bonds is 6. The van der Waals surface area contributed by atoms with Crippen molar-refractivity contribution in [1.29, 1.82) is 0 Å². The number of hydrogen-bond donors (Lipinski definition) is 3. The van der Waals surface area contributed by atoms with Crippen LogP contribution in [0.3, 0.4) is 0 Å². The van der Waals surface area contributed by atoms with Gasteiger partial charge >= 0.3 is 0 Å². The molecule has 3 N–H and O–H groups in total. The summed E-state index contributed by atoms with van der Waals surface area (Å²) in [6.45, 7) is 5.59. The molecule has 2 fully saturated rings. The van der Waals surface area contributed by atoms with Crippen LogP contribution in [0.25, 0.3) is 0 Å². The van der Waals surface area contributed by atoms with Gasteiger partial charge in [-0.05, 0) is 30.9 Å². The maximum absolute atomic E-state index is 13.1. The number of H-pyrrole nitrogens is 1. The minimum absolute atomic E-state index is 0.169. The molecule has 3 aromatic rings. The van der Waals surface area contributed by atoms with E-state index in [-0.39, 0.29) is 11.5 Å². The van der Waals surface area contributed by atoms with Crippen LogP contribution < -0.4 is 15.5 Å². The van der Waals surface area contributed by atoms with Gasteiger partial charge in [0.15, 0.2) is 5.82 Å². The fourth-order valence-corrected chi connectivity index (χ4v) is 4.85. The van der Waals surface area contributed by atoms with E-state index in [1.54, 1.807) is 0 Å². The molecule has 3 aliphatic rings. The molecular formula is C24H27FN8O2. The average Bonchev–Trinajstić information content (AvgIpc) is 3.21. The quantitative estimate of drug-likeness (QED) is 0.365. The number of pyridine rings is 1. The van der Waals surface area contributed by atoms with Crippen molar-refractivity contribution in [2.45, 2.75) is 57.1 Å². The van der Waals surface area contributed by atoms with Crippen molar-refractivity contribution in [3.8, 4) is 0 Å². The first kappa shape index (κ1) is 21.9. The van der Waals surface area contributed by atoms with Crippen LogP contribution in [0.15, 0.2) is 24.4 Å². The minimum Gasteiger partial charge on any atom is -0.369 e. The van der Waals surface area contributed by atoms with Gasteiger partial charge in [0.1, 0.15) is 17.5 Å². The highest BCUT2D eigenvalue weighted by atomic mass is 19.1. The summed E-state index contributed by atoms with van der Waals surface area (Å²) in [5, 5.41) is 13.7. The zero-order chi connectivity index (χ0) is 24.2. The van der Waals surface area contributed by atoms with Crippen LogP contribution in [0.1, 0.15) is 49.6 Å². The molecule has 0 bridgehead atoms. The van der Waals surface area contributed by atoms with Crippen LogP contribution in [0, 0.1) is 5.95 Å². The summed E-state index contributed by atoms with van der Waals surface area (Å²) in [5.74, 6) is 1.45. The van der Waals surface area contributed by atoms with Gasteiger partial charge in [0.2, 0.25) is 17.8 Å². The topological polar surface area (TPSA) is 124 Å². The number of epoxide rings is 1. The van der Waals surface area contributed by atoms with E-state index in [0.29, 0.717) is 42.2 Å². The summed E-state index contributed by atoms with van der Waals surface area (Å²) in [5.41, 5.74) is 3.30. The van der Waals surface area contributed by atoms with Crippen molar-refractivity contribution in [2.75, 3.05) is 28.7 Å². The summed E-state index contributed by atoms with van der Waals surface area (Å²) >= 11 is 0. The molecule has 2 unspecified atom stereocenters. The molecule has 11 heteroatoms. The van der Waals surface area contributed by atoms with Crippen molar-refractivity contribution < 1.29 is 13.9 Å². The summed E-state index contributed by atoms with van der Waals surface area (Å²) < 4.78 is 18.9. The van der Waals surface area contributed by atoms with E-state index < -0.39 is 12.0 Å². The van der Waals surface area contributed by atoms with Crippen molar-refractivity contribution >= 4 is 29.2 Å². The molecule has 0 radical (unpaired) electrons. The number of nitrogens with one attached hydrogen (secondary N) is 3. The summed E-state index contributed by atoms with van der Waals surface area (Å²) in [7, 11) is 0. The predicted molar refractivity (Wildman–Crippen MR) is 127 cm³/mol. The van der Waals surface area contributed by atoms with E-state index in [1.165, 1.54) is 18.3 Å². The number of aromatic nitrogens is 5. The Balaban J connectivity index is 1.29. The van der Waals surface area contributed by atoms with E-state index in [4.69, 9.17) is 14.7 Å². The summed E-state index contributed by atoms with van der Waals surface area (Å²) in [6.07, 6.45) is 4.32. The Bertz CT molecular complexity index is 1270. The standard InChI is InChI=1S/C24H27FN8O2/c1-13(2)16-8-20(32-31-16)29-21-15-9-24(12-35-24)10-17(15)28-23(30-21)33-7-3-4-18(33)22(34)27-14-5-6-19(25)26-11-14/h5-6,8,11,13,18H,3-4,7,9-10,12H2,1-2H3,(H,27,34)(H2,28,29,30,31,32). The van der Waals surface area contributed by atoms with Gasteiger partial charge in [0, 0.05) is 36.7 Å². The largest absolute Gasteiger partial charge is 0.369 e. The van der Waals surface area contributed by atoms with Crippen molar-refractivity contribution in [2.24, 2.45) is 0 Å². The van der Waals surface area contributed by atoms with Gasteiger partial charge in [0.05, 0.1) is 24.2 Å². The van der Waals surface area contributed by atoms with Gasteiger partial charge in [0.25, 0.3) is 0 Å². The molecule has 2 aliphatic heterocycles. The third-order valence-electron chi connectivity index (χ3n) is 6.90. The highest BCUT2D eigenvalue weighted by molar-refractivity contribution is 5.96. The van der Waals surface area contributed by atoms with Crippen molar-refractivity contribution in [1.82, 2.24) is 25.1 Å². The predicted octanol–water partition coefficient (Wildman–Crippen LogP) is 3.08. The molecule has 0 aromatic carbocycles. The highest BCUT2D eigenvalue weighted by Crippen LogP contribution is 2.44. The molecule has 3 aromatic heterocycles. The van der Waals surface area contributed by atoms with Gasteiger partial charge in [-0.1, -0.05) is 13.8 Å². The number of ether oxygens (including phenoxy) is 1. The van der Waals surface area contributed by atoms with E-state index in [1.807, 2.05) is 11.0 Å². The number of aromatic amines is 1. The fraction of sp³-hybridized carbons (Fsp3) is 0.458. The smallest absolute Gasteiger partial charge is 0.247 e. The number of hydrogen-bond acceptors (Lipinski definition) is 8. The minimum atomic E-state index is -0.591. The first-order chi connectivity index (χ1) is 16.9. The average molecular weight is 479 g/mol. The molecule has 1 aliphatic carbocycles. The van der Waals surface area contributed by atoms with Crippen LogP contribution in [-0.2, 0) is 22.4 Å². The van der Waals surface area contributed by atoms with Crippen LogP contribution >= 0.6 is 0 Å². The Morgan fingerprint density at radius 1 is 1.31 bits per heavy atom. The number of fused-ring (bicyclic) bond motifs is 1. The number of carbonyl (C=O) groups is 1. The van der Waals surface area contributed by atoms with E-state index >= 15 is 0 Å². The van der Waals surface area contributed by atoms with Gasteiger partial charge in [-0.2, -0.15) is 14.5 Å². The maximum atomic E-state index is 13.1. The second kappa shape index (κ2) is 8.26. The van der Waals surface area contributed by atoms with Gasteiger partial charge in [-0.15, -0.1) is 0 Å². The van der Waals surface area contributed by atoms with E-state index in [9.17, 15) is 9.18 Å². The molecular weight excluding hydrogens is 451 g/mol. The van der Waals surface area contributed by atoms with E-state index in [2.05, 4.69) is 39.7 Å². The molecule has 0 saturated carbocycles. The Morgan fingerprint density at radius 3 is 2.89 bits per heavy atom. The second-order valence-electron chi connectivity index (χ2n) is 9.82. The maximum Gasteiger partial charge on any atom is 0.247 e. The first-order valence-corrected chi connectivity index (χ1v) is 11.9. The normalized spacial score (nSPS) is 22.6. The molecule has 6 rings (SSSR count). The second-order valence-corrected chi connectivity index (χ2v) is 9.82. The fourth-order valence-electron chi connectivity index (χ4n) is 4.85. The Kier molecular flexibility index (Phi) is 5.17. The number of nitrogens with zero attached hydrogens (tertiary/aromatic N) is 5. The molecule has 35 heavy (non-hydrogen) atoms. The molecule has 1 spiro atoms. The van der Waals surface area contributed by atoms with Gasteiger partial charge in [-0.25, -0.2) is 9.97 Å². The summed E-state index contributed by atoms with van der Waals surface area (Å²) in [6, 6.07) is 4.27. The third kappa shape index (κ3) is 4.20. The number of halogens is 1. The molecule has 5 heterocycles. The SMILES string of the molecule is CC(C)c1cc(Nc2nc(N3CCCC3C(=O)Nc3ccc(F)nc3)nc3c2CC2(CO2)C3)n[nH]1. The lowest BCUT2D eigenvalue weighted by Crippen LogP contribution is -2.40. The number of amides is 1. The van der Waals surface area contributed by atoms with Crippen LogP contribution in [0.4, 0.5) is 27.7 Å². The van der Waals surface area contributed by atoms with Crippen LogP contribution in [0.2, 0.25) is 0 Å². The van der Waals surface area contributed by atoms with Crippen LogP contribution in [0.5, 0.6) is 0 Å². The van der Waals surface area contributed by atoms with E-state index in [0.717, 1.165) is 42.8 Å². The molecule has 182 valence electrons. The zero-order valence-corrected chi connectivity index (χ0v) is 19.6. The molecule has 2 saturated heterocycles. The van der Waals surface area contributed by atoms with Crippen molar-refractivity contribution in [3.63, 3.8) is 0 Å². The Morgan fingerprint density at radius 2 is 2.17 bits per heavy atom. The number of carbonyl (C=O) groups excluding carboxylic acids is 1. The van der Waals surface area contributed by atoms with Crippen LogP contribution in [-0.4, -0.2) is 55.9 Å². The summed E-state index contributed by atoms with van der Waals surface area (Å²) in [4.78, 5) is 28.4. The third-order valence-corrected chi connectivity index (χ3v) is 6.90. The van der Waals surface area contributed by atoms with Crippen molar-refractivity contribution in [3.05, 3.63) is 47.3 Å². The zero-order valence-electron chi connectivity index (χ0n) is 19.6.